The Morgan fingerprint density at radius 3 is 2.67 bits per heavy atom. The predicted octanol–water partition coefficient (Wildman–Crippen LogP) is 3.02. The number of hydrogen-bond acceptors (Lipinski definition) is 3. The van der Waals surface area contributed by atoms with Crippen molar-refractivity contribution in [2.24, 2.45) is 0 Å². The first-order valence-electron chi connectivity index (χ1n) is 7.05. The van der Waals surface area contributed by atoms with Gasteiger partial charge in [0.05, 0.1) is 0 Å². The van der Waals surface area contributed by atoms with E-state index in [4.69, 9.17) is 5.73 Å². The first-order valence-corrected chi connectivity index (χ1v) is 7.05. The van der Waals surface area contributed by atoms with Crippen molar-refractivity contribution in [3.05, 3.63) is 59.4 Å². The number of amides is 1. The Hall–Kier alpha value is -2.36. The summed E-state index contributed by atoms with van der Waals surface area (Å²) in [5.74, 6) is 0.0120. The number of hydrogen-bond donors (Lipinski definition) is 1. The summed E-state index contributed by atoms with van der Waals surface area (Å²) in [6.07, 6.45) is 1.67. The van der Waals surface area contributed by atoms with Gasteiger partial charge < -0.3 is 10.6 Å². The highest BCUT2D eigenvalue weighted by atomic mass is 16.2. The molecule has 0 aliphatic rings. The van der Waals surface area contributed by atoms with E-state index in [0.29, 0.717) is 17.8 Å². The number of aromatic nitrogens is 1. The lowest BCUT2D eigenvalue weighted by Gasteiger charge is -2.27. The molecule has 4 nitrogen and oxygen atoms in total. The lowest BCUT2D eigenvalue weighted by Crippen LogP contribution is -2.36. The molecule has 1 amide bonds. The van der Waals surface area contributed by atoms with Crippen LogP contribution in [0.15, 0.2) is 42.6 Å². The highest BCUT2D eigenvalue weighted by molar-refractivity contribution is 5.94. The van der Waals surface area contributed by atoms with Crippen molar-refractivity contribution in [3.63, 3.8) is 0 Å². The van der Waals surface area contributed by atoms with Crippen LogP contribution in [0, 0.1) is 6.92 Å². The summed E-state index contributed by atoms with van der Waals surface area (Å²) >= 11 is 0. The van der Waals surface area contributed by atoms with Gasteiger partial charge in [-0.25, -0.2) is 0 Å². The van der Waals surface area contributed by atoms with Gasteiger partial charge in [-0.1, -0.05) is 12.1 Å². The molecule has 1 aromatic carbocycles. The molecule has 2 rings (SSSR count). The van der Waals surface area contributed by atoms with Gasteiger partial charge >= 0.3 is 0 Å². The summed E-state index contributed by atoms with van der Waals surface area (Å²) in [7, 11) is 0. The molecule has 0 unspecified atom stereocenters. The number of pyridine rings is 1. The lowest BCUT2D eigenvalue weighted by atomic mass is 10.1. The molecule has 0 atom stereocenters. The Kier molecular flexibility index (Phi) is 4.58. The quantitative estimate of drug-likeness (QED) is 0.877. The number of anilines is 1. The van der Waals surface area contributed by atoms with Crippen molar-refractivity contribution in [1.82, 2.24) is 9.88 Å². The standard InChI is InChI=1S/C17H21N3O/c1-12(2)20(11-14-5-4-6-16(18)10-14)17(21)15-7-8-19-13(3)9-15/h4-10,12H,11,18H2,1-3H3. The molecule has 0 aliphatic carbocycles. The van der Waals surface area contributed by atoms with Gasteiger partial charge in [-0.2, -0.15) is 0 Å². The Balaban J connectivity index is 2.25. The minimum Gasteiger partial charge on any atom is -0.399 e. The van der Waals surface area contributed by atoms with E-state index in [2.05, 4.69) is 4.98 Å². The molecule has 4 heteroatoms. The van der Waals surface area contributed by atoms with Crippen LogP contribution in [0.3, 0.4) is 0 Å². The Bertz CT molecular complexity index is 637. The van der Waals surface area contributed by atoms with Crippen molar-refractivity contribution in [2.75, 3.05) is 5.73 Å². The lowest BCUT2D eigenvalue weighted by molar-refractivity contribution is 0.0690. The van der Waals surface area contributed by atoms with Gasteiger partial charge in [-0.15, -0.1) is 0 Å². The summed E-state index contributed by atoms with van der Waals surface area (Å²) in [6, 6.07) is 11.3. The van der Waals surface area contributed by atoms with Crippen molar-refractivity contribution in [2.45, 2.75) is 33.4 Å². The third kappa shape index (κ3) is 3.81. The topological polar surface area (TPSA) is 59.2 Å². The van der Waals surface area contributed by atoms with Crippen LogP contribution >= 0.6 is 0 Å². The van der Waals surface area contributed by atoms with Gasteiger partial charge in [-0.05, 0) is 50.6 Å². The number of rotatable bonds is 4. The Morgan fingerprint density at radius 1 is 1.29 bits per heavy atom. The number of carbonyl (C=O) groups excluding carboxylic acids is 1. The third-order valence-corrected chi connectivity index (χ3v) is 3.33. The van der Waals surface area contributed by atoms with E-state index in [0.717, 1.165) is 11.3 Å². The fourth-order valence-electron chi connectivity index (χ4n) is 2.22. The van der Waals surface area contributed by atoms with E-state index in [9.17, 15) is 4.79 Å². The number of benzene rings is 1. The Morgan fingerprint density at radius 2 is 2.05 bits per heavy atom. The summed E-state index contributed by atoms with van der Waals surface area (Å²) in [5.41, 5.74) is 9.06. The zero-order chi connectivity index (χ0) is 15.4. The van der Waals surface area contributed by atoms with Crippen LogP contribution in [-0.4, -0.2) is 21.8 Å². The van der Waals surface area contributed by atoms with E-state index in [-0.39, 0.29) is 11.9 Å². The molecule has 2 aromatic rings. The molecular weight excluding hydrogens is 262 g/mol. The van der Waals surface area contributed by atoms with Crippen LogP contribution in [0.2, 0.25) is 0 Å². The molecule has 1 heterocycles. The monoisotopic (exact) mass is 283 g/mol. The molecule has 0 saturated heterocycles. The van der Waals surface area contributed by atoms with Crippen molar-refractivity contribution in [1.29, 1.82) is 0 Å². The maximum absolute atomic E-state index is 12.7. The molecule has 0 spiro atoms. The zero-order valence-corrected chi connectivity index (χ0v) is 12.7. The first kappa shape index (κ1) is 15.0. The number of aryl methyl sites for hydroxylation is 1. The molecule has 21 heavy (non-hydrogen) atoms. The van der Waals surface area contributed by atoms with E-state index in [1.54, 1.807) is 12.3 Å². The molecular formula is C17H21N3O. The predicted molar refractivity (Wildman–Crippen MR) is 84.8 cm³/mol. The van der Waals surface area contributed by atoms with Gasteiger partial charge in [0.15, 0.2) is 0 Å². The third-order valence-electron chi connectivity index (χ3n) is 3.33. The summed E-state index contributed by atoms with van der Waals surface area (Å²) in [5, 5.41) is 0. The molecule has 0 aliphatic heterocycles. The summed E-state index contributed by atoms with van der Waals surface area (Å²) in [4.78, 5) is 18.7. The van der Waals surface area contributed by atoms with E-state index < -0.39 is 0 Å². The SMILES string of the molecule is Cc1cc(C(=O)N(Cc2cccc(N)c2)C(C)C)ccn1. The van der Waals surface area contributed by atoms with Crippen LogP contribution in [0.5, 0.6) is 0 Å². The fraction of sp³-hybridized carbons (Fsp3) is 0.294. The minimum absolute atomic E-state index is 0.0120. The highest BCUT2D eigenvalue weighted by Gasteiger charge is 2.19. The maximum Gasteiger partial charge on any atom is 0.254 e. The van der Waals surface area contributed by atoms with Gasteiger partial charge in [0.25, 0.3) is 5.91 Å². The zero-order valence-electron chi connectivity index (χ0n) is 12.7. The molecule has 0 saturated carbocycles. The van der Waals surface area contributed by atoms with Gasteiger partial charge in [0.1, 0.15) is 0 Å². The summed E-state index contributed by atoms with van der Waals surface area (Å²) in [6.45, 7) is 6.45. The van der Waals surface area contributed by atoms with E-state index >= 15 is 0 Å². The smallest absolute Gasteiger partial charge is 0.254 e. The van der Waals surface area contributed by atoms with Crippen molar-refractivity contribution >= 4 is 11.6 Å². The fourth-order valence-corrected chi connectivity index (χ4v) is 2.22. The van der Waals surface area contributed by atoms with Crippen LogP contribution in [0.25, 0.3) is 0 Å². The van der Waals surface area contributed by atoms with Crippen LogP contribution < -0.4 is 5.73 Å². The molecule has 0 fully saturated rings. The molecule has 1 aromatic heterocycles. The molecule has 0 radical (unpaired) electrons. The van der Waals surface area contributed by atoms with Crippen LogP contribution in [-0.2, 0) is 6.54 Å². The highest BCUT2D eigenvalue weighted by Crippen LogP contribution is 2.15. The first-order chi connectivity index (χ1) is 9.97. The molecule has 110 valence electrons. The Labute approximate surface area is 125 Å². The van der Waals surface area contributed by atoms with Crippen molar-refractivity contribution in [3.8, 4) is 0 Å². The normalized spacial score (nSPS) is 10.7. The summed E-state index contributed by atoms with van der Waals surface area (Å²) < 4.78 is 0. The van der Waals surface area contributed by atoms with Crippen LogP contribution in [0.1, 0.15) is 35.5 Å². The number of nitrogens with zero attached hydrogens (tertiary/aromatic N) is 2. The van der Waals surface area contributed by atoms with Gasteiger partial charge in [-0.3, -0.25) is 9.78 Å². The second kappa shape index (κ2) is 6.39. The molecule has 2 N–H and O–H groups in total. The largest absolute Gasteiger partial charge is 0.399 e. The average molecular weight is 283 g/mol. The van der Waals surface area contributed by atoms with Gasteiger partial charge in [0, 0.05) is 35.7 Å². The van der Waals surface area contributed by atoms with E-state index in [1.165, 1.54) is 0 Å². The number of carbonyl (C=O) groups is 1. The average Bonchev–Trinajstić information content (AvgIpc) is 2.44. The van der Waals surface area contributed by atoms with Gasteiger partial charge in [0.2, 0.25) is 0 Å². The van der Waals surface area contributed by atoms with Crippen LogP contribution in [0.4, 0.5) is 5.69 Å². The maximum atomic E-state index is 12.7. The minimum atomic E-state index is 0.0120. The van der Waals surface area contributed by atoms with E-state index in [1.807, 2.05) is 56.0 Å². The molecule has 0 bridgehead atoms. The second-order valence-electron chi connectivity index (χ2n) is 5.46. The van der Waals surface area contributed by atoms with Crippen molar-refractivity contribution < 1.29 is 4.79 Å². The second-order valence-corrected chi connectivity index (χ2v) is 5.46. The number of nitrogen functional groups attached to an aromatic ring is 1. The number of nitrogens with two attached hydrogens (primary N) is 1.